The summed E-state index contributed by atoms with van der Waals surface area (Å²) in [5.41, 5.74) is 16.0. The van der Waals surface area contributed by atoms with Gasteiger partial charge in [0.2, 0.25) is 0 Å². The van der Waals surface area contributed by atoms with Gasteiger partial charge in [-0.25, -0.2) is 0 Å². The van der Waals surface area contributed by atoms with Crippen LogP contribution in [0.5, 0.6) is 0 Å². The Morgan fingerprint density at radius 3 is 1.79 bits per heavy atom. The van der Waals surface area contributed by atoms with Gasteiger partial charge >= 0.3 is 0 Å². The van der Waals surface area contributed by atoms with Gasteiger partial charge in [-0.1, -0.05) is 134 Å². The molecule has 2 bridgehead atoms. The maximum absolute atomic E-state index is 2.90. The smallest absolute Gasteiger partial charge is 0.264 e. The van der Waals surface area contributed by atoms with E-state index in [2.05, 4.69) is 186 Å². The molecule has 56 heavy (non-hydrogen) atoms. The molecule has 0 saturated heterocycles. The Morgan fingerprint density at radius 2 is 1.20 bits per heavy atom. The molecule has 4 heteroatoms. The third kappa shape index (κ3) is 5.61. The molecule has 2 aliphatic carbocycles. The van der Waals surface area contributed by atoms with Gasteiger partial charge in [-0.05, 0) is 133 Å². The number of thiophene rings is 1. The highest BCUT2D eigenvalue weighted by Crippen LogP contribution is 2.62. The third-order valence-corrected chi connectivity index (χ3v) is 16.3. The number of anilines is 5. The molecular weight excluding hydrogens is 695 g/mol. The fourth-order valence-corrected chi connectivity index (χ4v) is 12.3. The molecule has 2 nitrogen and oxygen atoms in total. The number of hydrogen-bond acceptors (Lipinski definition) is 3. The predicted molar refractivity (Wildman–Crippen MR) is 247 cm³/mol. The molecule has 4 atom stereocenters. The second kappa shape index (κ2) is 12.0. The second-order valence-corrected chi connectivity index (χ2v) is 24.0. The molecule has 0 radical (unpaired) electrons. The van der Waals surface area contributed by atoms with E-state index in [1.54, 1.807) is 0 Å². The summed E-state index contributed by atoms with van der Waals surface area (Å²) in [6.07, 6.45) is 2.61. The van der Waals surface area contributed by atoms with Crippen molar-refractivity contribution in [3.63, 3.8) is 0 Å². The summed E-state index contributed by atoms with van der Waals surface area (Å²) < 4.78 is 2.86. The minimum atomic E-state index is -0.0226. The van der Waals surface area contributed by atoms with Crippen LogP contribution in [-0.4, -0.2) is 12.8 Å². The van der Waals surface area contributed by atoms with Gasteiger partial charge in [-0.2, -0.15) is 0 Å². The summed E-state index contributed by atoms with van der Waals surface area (Å²) in [6, 6.07) is 30.2. The zero-order valence-corrected chi connectivity index (χ0v) is 37.8. The number of nitrogens with zero attached hydrogens (tertiary/aromatic N) is 2. The van der Waals surface area contributed by atoms with Crippen LogP contribution in [0, 0.1) is 23.2 Å². The van der Waals surface area contributed by atoms with E-state index in [0.717, 1.165) is 5.92 Å². The molecular formula is C52H65BN2S. The minimum absolute atomic E-state index is 0.0226. The average Bonchev–Trinajstić information content (AvgIpc) is 3.77. The van der Waals surface area contributed by atoms with Gasteiger partial charge in [0.15, 0.2) is 0 Å². The SMILES string of the molecule is CC1C2CC(CC2N2c3ccc(C(C)(C)C)cc3B3c4sc5ccc(C(C)(C)C)cc5c4N(c4ccc(C(C)(C)C)cc4)c4cc(C(C)(C)C)cc2c43)C1(C)C. The lowest BCUT2D eigenvalue weighted by atomic mass is 9.35. The van der Waals surface area contributed by atoms with Gasteiger partial charge in [0.05, 0.1) is 5.69 Å². The Hall–Kier alpha value is -3.50. The van der Waals surface area contributed by atoms with Gasteiger partial charge in [0.1, 0.15) is 0 Å². The highest BCUT2D eigenvalue weighted by molar-refractivity contribution is 7.33. The summed E-state index contributed by atoms with van der Waals surface area (Å²) in [5.74, 6) is 2.12. The summed E-state index contributed by atoms with van der Waals surface area (Å²) in [7, 11) is 0. The molecule has 292 valence electrons. The quantitative estimate of drug-likeness (QED) is 0.162. The Morgan fingerprint density at radius 1 is 0.625 bits per heavy atom. The van der Waals surface area contributed by atoms with Crippen LogP contribution in [0.15, 0.2) is 72.8 Å². The fourth-order valence-electron chi connectivity index (χ4n) is 11.0. The maximum atomic E-state index is 2.90. The van der Waals surface area contributed by atoms with Crippen molar-refractivity contribution in [3.8, 4) is 0 Å². The number of rotatable bonds is 2. The third-order valence-electron chi connectivity index (χ3n) is 15.1. The first kappa shape index (κ1) is 38.0. The van der Waals surface area contributed by atoms with Crippen molar-refractivity contribution in [2.75, 3.05) is 9.80 Å². The van der Waals surface area contributed by atoms with Crippen LogP contribution in [-0.2, 0) is 21.7 Å². The summed E-state index contributed by atoms with van der Waals surface area (Å²) in [6.45, 7) is 36.2. The van der Waals surface area contributed by atoms with E-state index < -0.39 is 0 Å². The zero-order chi connectivity index (χ0) is 40.2. The van der Waals surface area contributed by atoms with E-state index in [0.29, 0.717) is 23.3 Å². The van der Waals surface area contributed by atoms with E-state index in [1.807, 2.05) is 11.3 Å². The molecule has 0 amide bonds. The van der Waals surface area contributed by atoms with Gasteiger partial charge in [-0.3, -0.25) is 0 Å². The molecule has 2 aliphatic heterocycles. The Balaban J connectivity index is 1.40. The molecule has 2 fully saturated rings. The fraction of sp³-hybridized carbons (Fsp3) is 0.500. The van der Waals surface area contributed by atoms with Gasteiger partial charge in [-0.15, -0.1) is 11.3 Å². The van der Waals surface area contributed by atoms with E-state index >= 15 is 0 Å². The Labute approximate surface area is 343 Å². The summed E-state index contributed by atoms with van der Waals surface area (Å²) in [5, 5.41) is 1.38. The van der Waals surface area contributed by atoms with Crippen LogP contribution in [0.4, 0.5) is 28.4 Å². The zero-order valence-electron chi connectivity index (χ0n) is 37.0. The molecule has 0 spiro atoms. The molecule has 5 aromatic rings. The lowest BCUT2D eigenvalue weighted by molar-refractivity contribution is 0.123. The van der Waals surface area contributed by atoms with Crippen LogP contribution in [0.2, 0.25) is 0 Å². The Kier molecular flexibility index (Phi) is 8.17. The van der Waals surface area contributed by atoms with Crippen molar-refractivity contribution in [2.45, 2.75) is 144 Å². The van der Waals surface area contributed by atoms with Crippen LogP contribution in [0.3, 0.4) is 0 Å². The first-order chi connectivity index (χ1) is 26.0. The van der Waals surface area contributed by atoms with Crippen LogP contribution < -0.4 is 25.5 Å². The normalized spacial score (nSPS) is 22.8. The predicted octanol–water partition coefficient (Wildman–Crippen LogP) is 12.9. The molecule has 4 aromatic carbocycles. The van der Waals surface area contributed by atoms with Crippen molar-refractivity contribution in [1.82, 2.24) is 0 Å². The van der Waals surface area contributed by atoms with Gasteiger partial charge in [0, 0.05) is 43.7 Å². The van der Waals surface area contributed by atoms with Gasteiger partial charge < -0.3 is 9.80 Å². The average molecular weight is 761 g/mol. The van der Waals surface area contributed by atoms with Crippen molar-refractivity contribution < 1.29 is 0 Å². The number of hydrogen-bond donors (Lipinski definition) is 0. The molecule has 1 aromatic heterocycles. The van der Waals surface area contributed by atoms with Crippen molar-refractivity contribution in [1.29, 1.82) is 0 Å². The minimum Gasteiger partial charge on any atom is -0.339 e. The lowest BCUT2D eigenvalue weighted by Crippen LogP contribution is -2.63. The molecule has 4 aliphatic rings. The van der Waals surface area contributed by atoms with E-state index in [4.69, 9.17) is 0 Å². The molecule has 2 saturated carbocycles. The summed E-state index contributed by atoms with van der Waals surface area (Å²) >= 11 is 2.04. The van der Waals surface area contributed by atoms with E-state index in [9.17, 15) is 0 Å². The number of benzene rings is 4. The van der Waals surface area contributed by atoms with Crippen LogP contribution in [0.1, 0.15) is 139 Å². The number of fused-ring (bicyclic) bond motifs is 8. The molecule has 0 N–H and O–H groups in total. The first-order valence-electron chi connectivity index (χ1n) is 21.6. The van der Waals surface area contributed by atoms with Crippen molar-refractivity contribution >= 4 is 72.3 Å². The standard InChI is InChI=1S/C52H65BN2S/c1-30-37-25-35(52(30,14)15)29-41(37)55-40-22-18-33(50(8,9)10)26-39(40)53-45-42(27-34(28-43(45)55)51(11,12)13)54(36-20-16-31(17-21-36)48(2,3)4)46-38-24-32(49(5,6)7)19-23-44(38)56-47(46)53/h16-24,26-28,30,35,37,41H,25,29H2,1-15H3. The van der Waals surface area contributed by atoms with E-state index in [-0.39, 0.29) is 28.4 Å². The molecule has 4 unspecified atom stereocenters. The van der Waals surface area contributed by atoms with Gasteiger partial charge in [0.25, 0.3) is 6.71 Å². The van der Waals surface area contributed by atoms with Crippen molar-refractivity contribution in [2.24, 2.45) is 23.2 Å². The van der Waals surface area contributed by atoms with Crippen LogP contribution >= 0.6 is 11.3 Å². The summed E-state index contributed by atoms with van der Waals surface area (Å²) in [4.78, 5) is 5.60. The lowest BCUT2D eigenvalue weighted by Gasteiger charge is -2.50. The Bertz CT molecular complexity index is 2380. The largest absolute Gasteiger partial charge is 0.339 e. The van der Waals surface area contributed by atoms with Crippen molar-refractivity contribution in [3.05, 3.63) is 95.1 Å². The first-order valence-corrected chi connectivity index (χ1v) is 22.4. The maximum Gasteiger partial charge on any atom is 0.264 e. The van der Waals surface area contributed by atoms with E-state index in [1.165, 1.54) is 89.3 Å². The van der Waals surface area contributed by atoms with Crippen LogP contribution in [0.25, 0.3) is 10.1 Å². The highest BCUT2D eigenvalue weighted by Gasteiger charge is 2.58. The highest BCUT2D eigenvalue weighted by atomic mass is 32.1. The monoisotopic (exact) mass is 760 g/mol. The topological polar surface area (TPSA) is 6.48 Å². The molecule has 9 rings (SSSR count). The second-order valence-electron chi connectivity index (χ2n) is 22.9. The molecule has 3 heterocycles.